The van der Waals surface area contributed by atoms with Crippen molar-refractivity contribution >= 4 is 40.6 Å². The number of rotatable bonds is 7. The SMILES string of the molecule is Cc1ccc(NC(=O)CN2C(=O)S/C(=C\c3ccc(OCC(C)C)cc3)C2=O)c(C)c1. The number of hydrogen-bond acceptors (Lipinski definition) is 5. The Morgan fingerprint density at radius 2 is 1.84 bits per heavy atom. The van der Waals surface area contributed by atoms with Gasteiger partial charge in [0.05, 0.1) is 11.5 Å². The third kappa shape index (κ3) is 5.98. The minimum Gasteiger partial charge on any atom is -0.493 e. The Morgan fingerprint density at radius 1 is 1.13 bits per heavy atom. The summed E-state index contributed by atoms with van der Waals surface area (Å²) in [5.74, 6) is 0.300. The van der Waals surface area contributed by atoms with E-state index in [0.29, 0.717) is 23.1 Å². The molecular weight excluding hydrogens is 412 g/mol. The number of aryl methyl sites for hydroxylation is 2. The molecule has 1 aliphatic heterocycles. The number of thioether (sulfide) groups is 1. The van der Waals surface area contributed by atoms with Crippen LogP contribution in [0.4, 0.5) is 10.5 Å². The van der Waals surface area contributed by atoms with Crippen molar-refractivity contribution in [1.82, 2.24) is 4.90 Å². The van der Waals surface area contributed by atoms with E-state index in [2.05, 4.69) is 19.2 Å². The monoisotopic (exact) mass is 438 g/mol. The van der Waals surface area contributed by atoms with Crippen LogP contribution in [0.5, 0.6) is 5.75 Å². The number of anilines is 1. The first-order chi connectivity index (χ1) is 14.7. The summed E-state index contributed by atoms with van der Waals surface area (Å²) in [4.78, 5) is 38.7. The predicted molar refractivity (Wildman–Crippen MR) is 124 cm³/mol. The van der Waals surface area contributed by atoms with E-state index in [1.54, 1.807) is 6.08 Å². The standard InChI is InChI=1S/C24H26N2O4S/c1-15(2)14-30-19-8-6-18(7-9-19)12-21-23(28)26(24(29)31-21)13-22(27)25-20-10-5-16(3)11-17(20)4/h5-12,15H,13-14H2,1-4H3,(H,25,27)/b21-12-. The number of nitrogens with zero attached hydrogens (tertiary/aromatic N) is 1. The number of carbonyl (C=O) groups excluding carboxylic acids is 3. The van der Waals surface area contributed by atoms with Crippen LogP contribution in [0.15, 0.2) is 47.4 Å². The minimum absolute atomic E-state index is 0.292. The molecule has 6 nitrogen and oxygen atoms in total. The molecule has 0 aliphatic carbocycles. The topological polar surface area (TPSA) is 75.7 Å². The van der Waals surface area contributed by atoms with Gasteiger partial charge in [0, 0.05) is 5.69 Å². The molecule has 0 atom stereocenters. The molecule has 0 unspecified atom stereocenters. The van der Waals surface area contributed by atoms with E-state index >= 15 is 0 Å². The largest absolute Gasteiger partial charge is 0.493 e. The Morgan fingerprint density at radius 3 is 2.48 bits per heavy atom. The molecule has 0 bridgehead atoms. The van der Waals surface area contributed by atoms with Crippen LogP contribution < -0.4 is 10.1 Å². The molecule has 0 saturated carbocycles. The van der Waals surface area contributed by atoms with Gasteiger partial charge in [-0.05, 0) is 66.9 Å². The average Bonchev–Trinajstić information content (AvgIpc) is 2.97. The molecule has 0 spiro atoms. The van der Waals surface area contributed by atoms with Crippen molar-refractivity contribution in [2.75, 3.05) is 18.5 Å². The van der Waals surface area contributed by atoms with E-state index in [-0.39, 0.29) is 6.54 Å². The second-order valence-corrected chi connectivity index (χ2v) is 8.90. The van der Waals surface area contributed by atoms with Gasteiger partial charge in [0.2, 0.25) is 5.91 Å². The van der Waals surface area contributed by atoms with Gasteiger partial charge in [0.1, 0.15) is 12.3 Å². The molecule has 1 aliphatic rings. The maximum Gasteiger partial charge on any atom is 0.294 e. The van der Waals surface area contributed by atoms with Gasteiger partial charge >= 0.3 is 0 Å². The number of carbonyl (C=O) groups is 3. The van der Waals surface area contributed by atoms with Crippen molar-refractivity contribution < 1.29 is 19.1 Å². The van der Waals surface area contributed by atoms with Gasteiger partial charge in [-0.25, -0.2) is 0 Å². The number of amides is 3. The summed E-state index contributed by atoms with van der Waals surface area (Å²) in [7, 11) is 0. The van der Waals surface area contributed by atoms with E-state index in [4.69, 9.17) is 4.74 Å². The Hall–Kier alpha value is -3.06. The molecule has 1 heterocycles. The summed E-state index contributed by atoms with van der Waals surface area (Å²) in [6.45, 7) is 8.32. The first-order valence-corrected chi connectivity index (χ1v) is 10.9. The van der Waals surface area contributed by atoms with Gasteiger partial charge in [-0.2, -0.15) is 0 Å². The van der Waals surface area contributed by atoms with Crippen molar-refractivity contribution in [3.63, 3.8) is 0 Å². The van der Waals surface area contributed by atoms with Crippen LogP contribution in [-0.4, -0.2) is 35.1 Å². The lowest BCUT2D eigenvalue weighted by Crippen LogP contribution is -2.36. The molecule has 0 aromatic heterocycles. The fraction of sp³-hybridized carbons (Fsp3) is 0.292. The van der Waals surface area contributed by atoms with E-state index < -0.39 is 17.1 Å². The molecule has 162 valence electrons. The molecule has 1 N–H and O–H groups in total. The number of ether oxygens (including phenoxy) is 1. The van der Waals surface area contributed by atoms with E-state index in [0.717, 1.165) is 39.1 Å². The maximum atomic E-state index is 12.7. The highest BCUT2D eigenvalue weighted by atomic mass is 32.2. The van der Waals surface area contributed by atoms with Crippen LogP contribution in [0, 0.1) is 19.8 Å². The van der Waals surface area contributed by atoms with Crippen LogP contribution in [-0.2, 0) is 9.59 Å². The molecule has 1 saturated heterocycles. The molecule has 0 radical (unpaired) electrons. The van der Waals surface area contributed by atoms with Crippen LogP contribution in [0.2, 0.25) is 0 Å². The lowest BCUT2D eigenvalue weighted by molar-refractivity contribution is -0.127. The Kier molecular flexibility index (Phi) is 7.17. The van der Waals surface area contributed by atoms with Crippen molar-refractivity contribution in [3.8, 4) is 5.75 Å². The van der Waals surface area contributed by atoms with Crippen LogP contribution in [0.1, 0.15) is 30.5 Å². The quantitative estimate of drug-likeness (QED) is 0.615. The third-order valence-electron chi connectivity index (χ3n) is 4.59. The number of benzene rings is 2. The lowest BCUT2D eigenvalue weighted by atomic mass is 10.1. The molecule has 31 heavy (non-hydrogen) atoms. The zero-order valence-corrected chi connectivity index (χ0v) is 18.9. The van der Waals surface area contributed by atoms with Crippen molar-refractivity contribution in [3.05, 3.63) is 64.1 Å². The van der Waals surface area contributed by atoms with Gasteiger partial charge in [-0.15, -0.1) is 0 Å². The molecular formula is C24H26N2O4S. The van der Waals surface area contributed by atoms with Crippen molar-refractivity contribution in [2.24, 2.45) is 5.92 Å². The summed E-state index contributed by atoms with van der Waals surface area (Å²) >= 11 is 0.836. The summed E-state index contributed by atoms with van der Waals surface area (Å²) < 4.78 is 5.66. The summed E-state index contributed by atoms with van der Waals surface area (Å²) in [5.41, 5.74) is 3.45. The fourth-order valence-corrected chi connectivity index (χ4v) is 3.84. The van der Waals surface area contributed by atoms with E-state index in [9.17, 15) is 14.4 Å². The lowest BCUT2D eigenvalue weighted by Gasteiger charge is -2.14. The van der Waals surface area contributed by atoms with E-state index in [1.807, 2.05) is 56.3 Å². The number of nitrogens with one attached hydrogen (secondary N) is 1. The molecule has 2 aromatic carbocycles. The molecule has 7 heteroatoms. The zero-order chi connectivity index (χ0) is 22.5. The molecule has 3 rings (SSSR count). The van der Waals surface area contributed by atoms with E-state index in [1.165, 1.54) is 0 Å². The Bertz CT molecular complexity index is 1030. The highest BCUT2D eigenvalue weighted by molar-refractivity contribution is 8.18. The van der Waals surface area contributed by atoms with Crippen LogP contribution in [0.3, 0.4) is 0 Å². The molecule has 3 amide bonds. The van der Waals surface area contributed by atoms with Crippen molar-refractivity contribution in [2.45, 2.75) is 27.7 Å². The Balaban J connectivity index is 1.64. The highest BCUT2D eigenvalue weighted by Gasteiger charge is 2.36. The number of imide groups is 1. The third-order valence-corrected chi connectivity index (χ3v) is 5.50. The summed E-state index contributed by atoms with van der Waals surface area (Å²) in [6.07, 6.45) is 1.65. The summed E-state index contributed by atoms with van der Waals surface area (Å²) in [5, 5.41) is 2.31. The maximum absolute atomic E-state index is 12.7. The van der Waals surface area contributed by atoms with Gasteiger partial charge in [0.25, 0.3) is 11.1 Å². The zero-order valence-electron chi connectivity index (χ0n) is 18.1. The molecule has 2 aromatic rings. The first-order valence-electron chi connectivity index (χ1n) is 10.1. The summed E-state index contributed by atoms with van der Waals surface area (Å²) in [6, 6.07) is 13.0. The van der Waals surface area contributed by atoms with Gasteiger partial charge in [-0.1, -0.05) is 43.7 Å². The van der Waals surface area contributed by atoms with Gasteiger partial charge < -0.3 is 10.1 Å². The first kappa shape index (κ1) is 22.6. The molecule has 1 fully saturated rings. The second-order valence-electron chi connectivity index (χ2n) is 7.91. The average molecular weight is 439 g/mol. The Labute approximate surface area is 186 Å². The fourth-order valence-electron chi connectivity index (χ4n) is 3.00. The van der Waals surface area contributed by atoms with Crippen molar-refractivity contribution in [1.29, 1.82) is 0 Å². The van der Waals surface area contributed by atoms with Crippen LogP contribution >= 0.6 is 11.8 Å². The van der Waals surface area contributed by atoms with Crippen LogP contribution in [0.25, 0.3) is 6.08 Å². The smallest absolute Gasteiger partial charge is 0.294 e. The second kappa shape index (κ2) is 9.83. The van der Waals surface area contributed by atoms with Gasteiger partial charge in [0.15, 0.2) is 0 Å². The van der Waals surface area contributed by atoms with Gasteiger partial charge in [-0.3, -0.25) is 19.3 Å². The minimum atomic E-state index is -0.467. The predicted octanol–water partition coefficient (Wildman–Crippen LogP) is 5.01. The number of hydrogen-bond donors (Lipinski definition) is 1. The highest BCUT2D eigenvalue weighted by Crippen LogP contribution is 2.32. The normalized spacial score (nSPS) is 15.1.